The number of rotatable bonds is 9. The average Bonchev–Trinajstić information content (AvgIpc) is 3.14. The molecule has 7 nitrogen and oxygen atoms in total. The minimum atomic E-state index is -3.61. The number of ether oxygens (including phenoxy) is 1. The van der Waals surface area contributed by atoms with Gasteiger partial charge in [-0.25, -0.2) is 8.42 Å². The monoisotopic (exact) mass is 507 g/mol. The van der Waals surface area contributed by atoms with E-state index in [1.807, 2.05) is 37.7 Å². The molecular weight excluding hydrogens is 478 g/mol. The first-order valence-corrected chi connectivity index (χ1v) is 14.1. The maximum atomic E-state index is 12.9. The zero-order chi connectivity index (χ0) is 24.2. The Balaban J connectivity index is 1.97. The molecule has 33 heavy (non-hydrogen) atoms. The van der Waals surface area contributed by atoms with E-state index in [2.05, 4.69) is 17.1 Å². The fraction of sp³-hybridized carbons (Fsp3) is 0.391. The molecule has 1 amide bonds. The molecule has 2 aromatic carbocycles. The molecule has 0 fully saturated rings. The standard InChI is InChI=1S/C23H29N3O4S3/c1-6-30-14-13-26-20-12-9-18(31-5)15-21(20)32-23(26)24-22(27)17-7-10-19(11-8-17)33(28,29)25(4)16(2)3/h7-12,15-16H,6,13-14H2,1-5H3. The van der Waals surface area contributed by atoms with E-state index in [4.69, 9.17) is 4.74 Å². The van der Waals surface area contributed by atoms with Crippen LogP contribution in [-0.4, -0.2) is 55.8 Å². The van der Waals surface area contributed by atoms with E-state index in [9.17, 15) is 13.2 Å². The molecule has 0 spiro atoms. The summed E-state index contributed by atoms with van der Waals surface area (Å²) in [5.41, 5.74) is 1.34. The predicted octanol–water partition coefficient (Wildman–Crippen LogP) is 4.23. The van der Waals surface area contributed by atoms with Crippen LogP contribution in [0, 0.1) is 0 Å². The van der Waals surface area contributed by atoms with Crippen LogP contribution in [0.5, 0.6) is 0 Å². The zero-order valence-electron chi connectivity index (χ0n) is 19.4. The molecule has 0 aliphatic heterocycles. The molecule has 0 radical (unpaired) electrons. The number of carbonyl (C=O) groups excluding carboxylic acids is 1. The van der Waals surface area contributed by atoms with Gasteiger partial charge in [0.1, 0.15) is 0 Å². The van der Waals surface area contributed by atoms with Gasteiger partial charge in [-0.3, -0.25) is 4.79 Å². The van der Waals surface area contributed by atoms with Gasteiger partial charge in [0.15, 0.2) is 4.80 Å². The normalized spacial score (nSPS) is 12.9. The summed E-state index contributed by atoms with van der Waals surface area (Å²) in [6.07, 6.45) is 2.02. The van der Waals surface area contributed by atoms with Crippen LogP contribution in [0.25, 0.3) is 10.2 Å². The minimum Gasteiger partial charge on any atom is -0.380 e. The van der Waals surface area contributed by atoms with E-state index in [0.29, 0.717) is 30.1 Å². The van der Waals surface area contributed by atoms with Crippen LogP contribution >= 0.6 is 23.1 Å². The van der Waals surface area contributed by atoms with Crippen molar-refractivity contribution in [2.75, 3.05) is 26.5 Å². The summed E-state index contributed by atoms with van der Waals surface area (Å²) < 4.78 is 35.2. The molecule has 0 bridgehead atoms. The number of benzene rings is 2. The lowest BCUT2D eigenvalue weighted by Crippen LogP contribution is -2.33. The van der Waals surface area contributed by atoms with Crippen LogP contribution in [-0.2, 0) is 21.3 Å². The fourth-order valence-electron chi connectivity index (χ4n) is 3.15. The van der Waals surface area contributed by atoms with E-state index in [1.165, 1.54) is 39.9 Å². The van der Waals surface area contributed by atoms with Crippen molar-refractivity contribution in [3.8, 4) is 0 Å². The highest BCUT2D eigenvalue weighted by Gasteiger charge is 2.23. The molecule has 0 aliphatic carbocycles. The summed E-state index contributed by atoms with van der Waals surface area (Å²) >= 11 is 3.11. The number of aromatic nitrogens is 1. The van der Waals surface area contributed by atoms with Crippen molar-refractivity contribution < 1.29 is 17.9 Å². The summed E-state index contributed by atoms with van der Waals surface area (Å²) in [5.74, 6) is -0.419. The number of thiazole rings is 1. The van der Waals surface area contributed by atoms with Gasteiger partial charge in [-0.15, -0.1) is 11.8 Å². The molecular formula is C23H29N3O4S3. The Morgan fingerprint density at radius 2 is 1.91 bits per heavy atom. The van der Waals surface area contributed by atoms with Crippen LogP contribution < -0.4 is 4.80 Å². The number of hydrogen-bond donors (Lipinski definition) is 0. The lowest BCUT2D eigenvalue weighted by molar-refractivity contribution is 0.0996. The number of thioether (sulfide) groups is 1. The topological polar surface area (TPSA) is 81.0 Å². The van der Waals surface area contributed by atoms with E-state index in [0.717, 1.165) is 15.1 Å². The third-order valence-corrected chi connectivity index (χ3v) is 9.07. The Morgan fingerprint density at radius 3 is 2.52 bits per heavy atom. The highest BCUT2D eigenvalue weighted by Crippen LogP contribution is 2.24. The second kappa shape index (κ2) is 11.0. The smallest absolute Gasteiger partial charge is 0.279 e. The lowest BCUT2D eigenvalue weighted by Gasteiger charge is -2.20. The Kier molecular flexibility index (Phi) is 8.52. The highest BCUT2D eigenvalue weighted by molar-refractivity contribution is 7.98. The van der Waals surface area contributed by atoms with Crippen molar-refractivity contribution in [1.29, 1.82) is 0 Å². The van der Waals surface area contributed by atoms with Gasteiger partial charge >= 0.3 is 0 Å². The van der Waals surface area contributed by atoms with Crippen molar-refractivity contribution >= 4 is 49.2 Å². The Bertz CT molecular complexity index is 1290. The third-order valence-electron chi connectivity index (χ3n) is 5.26. The first kappa shape index (κ1) is 25.6. The number of fused-ring (bicyclic) bond motifs is 1. The van der Waals surface area contributed by atoms with E-state index in [1.54, 1.807) is 18.8 Å². The molecule has 1 heterocycles. The minimum absolute atomic E-state index is 0.147. The maximum Gasteiger partial charge on any atom is 0.279 e. The number of sulfonamides is 1. The molecule has 0 saturated heterocycles. The summed E-state index contributed by atoms with van der Waals surface area (Å²) in [7, 11) is -2.07. The maximum absolute atomic E-state index is 12.9. The molecule has 10 heteroatoms. The third kappa shape index (κ3) is 5.75. The van der Waals surface area contributed by atoms with Crippen LogP contribution in [0.3, 0.4) is 0 Å². The molecule has 0 aliphatic rings. The average molecular weight is 508 g/mol. The van der Waals surface area contributed by atoms with Gasteiger partial charge in [0.25, 0.3) is 5.91 Å². The van der Waals surface area contributed by atoms with Gasteiger partial charge < -0.3 is 9.30 Å². The number of hydrogen-bond acceptors (Lipinski definition) is 6. The SMILES string of the molecule is CCOCCn1c(=NC(=O)c2ccc(S(=O)(=O)N(C)C(C)C)cc2)sc2cc(SC)ccc21. The van der Waals surface area contributed by atoms with Crippen molar-refractivity contribution in [2.45, 2.75) is 43.1 Å². The van der Waals surface area contributed by atoms with Crippen LogP contribution in [0.4, 0.5) is 0 Å². The Hall–Kier alpha value is -1.98. The van der Waals surface area contributed by atoms with Gasteiger partial charge in [-0.2, -0.15) is 9.30 Å². The van der Waals surface area contributed by atoms with Crippen LogP contribution in [0.2, 0.25) is 0 Å². The Morgan fingerprint density at radius 1 is 1.21 bits per heavy atom. The van der Waals surface area contributed by atoms with E-state index >= 15 is 0 Å². The molecule has 3 aromatic rings. The Labute approximate surface area is 203 Å². The predicted molar refractivity (Wildman–Crippen MR) is 135 cm³/mol. The van der Waals surface area contributed by atoms with Gasteiger partial charge in [-0.1, -0.05) is 11.3 Å². The summed E-state index contributed by atoms with van der Waals surface area (Å²) in [5, 5.41) is 0. The van der Waals surface area contributed by atoms with Crippen molar-refractivity contribution in [1.82, 2.24) is 8.87 Å². The van der Waals surface area contributed by atoms with Crippen molar-refractivity contribution in [2.24, 2.45) is 4.99 Å². The fourth-order valence-corrected chi connectivity index (χ4v) is 6.12. The van der Waals surface area contributed by atoms with Gasteiger partial charge in [-0.05, 0) is 69.5 Å². The first-order chi connectivity index (χ1) is 15.7. The first-order valence-electron chi connectivity index (χ1n) is 10.6. The molecule has 0 atom stereocenters. The molecule has 0 saturated carbocycles. The molecule has 0 unspecified atom stereocenters. The van der Waals surface area contributed by atoms with E-state index in [-0.39, 0.29) is 10.9 Å². The number of carbonyl (C=O) groups is 1. The second-order valence-electron chi connectivity index (χ2n) is 7.62. The van der Waals surface area contributed by atoms with Gasteiger partial charge in [0.05, 0.1) is 21.7 Å². The van der Waals surface area contributed by atoms with Crippen LogP contribution in [0.15, 0.2) is 57.2 Å². The number of amides is 1. The molecule has 1 aromatic heterocycles. The zero-order valence-corrected chi connectivity index (χ0v) is 21.9. The quantitative estimate of drug-likeness (QED) is 0.320. The van der Waals surface area contributed by atoms with Gasteiger partial charge in [0, 0.05) is 36.7 Å². The van der Waals surface area contributed by atoms with E-state index < -0.39 is 15.9 Å². The highest BCUT2D eigenvalue weighted by atomic mass is 32.2. The summed E-state index contributed by atoms with van der Waals surface area (Å²) in [6.45, 7) is 7.27. The summed E-state index contributed by atoms with van der Waals surface area (Å²) in [6, 6.07) is 11.9. The largest absolute Gasteiger partial charge is 0.380 e. The van der Waals surface area contributed by atoms with Crippen molar-refractivity contribution in [3.05, 3.63) is 52.8 Å². The second-order valence-corrected chi connectivity index (χ2v) is 11.5. The van der Waals surface area contributed by atoms with Crippen LogP contribution in [0.1, 0.15) is 31.1 Å². The van der Waals surface area contributed by atoms with Crippen molar-refractivity contribution in [3.63, 3.8) is 0 Å². The molecule has 0 N–H and O–H groups in total. The molecule has 3 rings (SSSR count). The molecule has 178 valence electrons. The lowest BCUT2D eigenvalue weighted by atomic mass is 10.2. The summed E-state index contributed by atoms with van der Waals surface area (Å²) in [4.78, 5) is 19.2. The van der Waals surface area contributed by atoms with Gasteiger partial charge in [0.2, 0.25) is 10.0 Å². The number of nitrogens with zero attached hydrogens (tertiary/aromatic N) is 3.